The first kappa shape index (κ1) is 17.5. The maximum atomic E-state index is 11.8. The molecule has 118 valence electrons. The van der Waals surface area contributed by atoms with Gasteiger partial charge in [0.15, 0.2) is 0 Å². The van der Waals surface area contributed by atoms with Crippen molar-refractivity contribution < 1.29 is 9.53 Å². The number of aryl methyl sites for hydroxylation is 1. The summed E-state index contributed by atoms with van der Waals surface area (Å²) in [6, 6.07) is 6.17. The molecule has 0 atom stereocenters. The molecule has 0 saturated carbocycles. The molecule has 0 unspecified atom stereocenters. The first-order chi connectivity index (χ1) is 9.49. The minimum absolute atomic E-state index is 0.170. The number of carbonyl (C=O) groups excluding carboxylic acids is 1. The standard InChI is InChI=1S/C18H29NO2/c1-13-10-15(19-12-17(2,3)4)9-8-14(13)11-21-16(20)18(5,6)7/h8-10,19H,11-12H2,1-7H3. The molecule has 0 saturated heterocycles. The molecule has 1 N–H and O–H groups in total. The largest absolute Gasteiger partial charge is 0.460 e. The molecule has 0 spiro atoms. The van der Waals surface area contributed by atoms with E-state index in [0.717, 1.165) is 23.4 Å². The molecule has 0 radical (unpaired) electrons. The third-order valence-corrected chi connectivity index (χ3v) is 3.14. The number of anilines is 1. The van der Waals surface area contributed by atoms with Gasteiger partial charge in [-0.2, -0.15) is 0 Å². The summed E-state index contributed by atoms with van der Waals surface area (Å²) < 4.78 is 5.37. The molecule has 21 heavy (non-hydrogen) atoms. The molecular weight excluding hydrogens is 262 g/mol. The molecule has 1 aromatic rings. The summed E-state index contributed by atoms with van der Waals surface area (Å²) >= 11 is 0. The molecule has 0 aliphatic heterocycles. The minimum atomic E-state index is -0.456. The van der Waals surface area contributed by atoms with Crippen molar-refractivity contribution in [2.24, 2.45) is 10.8 Å². The normalized spacial score (nSPS) is 12.1. The van der Waals surface area contributed by atoms with Gasteiger partial charge >= 0.3 is 5.97 Å². The summed E-state index contributed by atoms with van der Waals surface area (Å²) in [7, 11) is 0. The Morgan fingerprint density at radius 3 is 2.24 bits per heavy atom. The summed E-state index contributed by atoms with van der Waals surface area (Å²) in [4.78, 5) is 11.8. The van der Waals surface area contributed by atoms with Crippen molar-refractivity contribution in [3.05, 3.63) is 29.3 Å². The minimum Gasteiger partial charge on any atom is -0.460 e. The van der Waals surface area contributed by atoms with Crippen LogP contribution >= 0.6 is 0 Å². The van der Waals surface area contributed by atoms with Crippen LogP contribution < -0.4 is 5.32 Å². The molecule has 0 aliphatic rings. The van der Waals surface area contributed by atoms with Crippen LogP contribution in [0.2, 0.25) is 0 Å². The summed E-state index contributed by atoms with van der Waals surface area (Å²) in [6.45, 7) is 15.5. The van der Waals surface area contributed by atoms with Crippen molar-refractivity contribution in [3.63, 3.8) is 0 Å². The van der Waals surface area contributed by atoms with Crippen molar-refractivity contribution in [3.8, 4) is 0 Å². The molecule has 0 bridgehead atoms. The van der Waals surface area contributed by atoms with Gasteiger partial charge in [-0.1, -0.05) is 26.8 Å². The molecule has 0 aliphatic carbocycles. The average molecular weight is 291 g/mol. The zero-order chi connectivity index (χ0) is 16.3. The van der Waals surface area contributed by atoms with Crippen LogP contribution in [0.3, 0.4) is 0 Å². The quantitative estimate of drug-likeness (QED) is 0.827. The van der Waals surface area contributed by atoms with E-state index in [0.29, 0.717) is 6.61 Å². The van der Waals surface area contributed by atoms with Gasteiger partial charge in [-0.05, 0) is 56.4 Å². The number of nitrogens with one attached hydrogen (secondary N) is 1. The van der Waals surface area contributed by atoms with E-state index in [2.05, 4.69) is 32.2 Å². The maximum absolute atomic E-state index is 11.8. The molecule has 0 heterocycles. The number of rotatable bonds is 4. The highest BCUT2D eigenvalue weighted by Crippen LogP contribution is 2.21. The second kappa shape index (κ2) is 6.50. The van der Waals surface area contributed by atoms with E-state index in [4.69, 9.17) is 4.74 Å². The van der Waals surface area contributed by atoms with Crippen molar-refractivity contribution in [2.45, 2.75) is 55.1 Å². The fraction of sp³-hybridized carbons (Fsp3) is 0.611. The smallest absolute Gasteiger partial charge is 0.311 e. The molecule has 1 aromatic carbocycles. The predicted octanol–water partition coefficient (Wildman–Crippen LogP) is 4.54. The lowest BCUT2D eigenvalue weighted by molar-refractivity contribution is -0.154. The number of benzene rings is 1. The second-order valence-corrected chi connectivity index (χ2v) is 7.88. The van der Waals surface area contributed by atoms with E-state index in [-0.39, 0.29) is 11.4 Å². The number of ether oxygens (including phenoxy) is 1. The van der Waals surface area contributed by atoms with Gasteiger partial charge in [0.1, 0.15) is 6.61 Å². The Bertz CT molecular complexity index is 493. The van der Waals surface area contributed by atoms with Gasteiger partial charge in [-0.15, -0.1) is 0 Å². The first-order valence-electron chi connectivity index (χ1n) is 7.50. The Kier molecular flexibility index (Phi) is 5.43. The third-order valence-electron chi connectivity index (χ3n) is 3.14. The summed E-state index contributed by atoms with van der Waals surface area (Å²) in [5.41, 5.74) is 3.08. The summed E-state index contributed by atoms with van der Waals surface area (Å²) in [5.74, 6) is -0.170. The van der Waals surface area contributed by atoms with Crippen LogP contribution in [-0.2, 0) is 16.1 Å². The Morgan fingerprint density at radius 2 is 1.76 bits per heavy atom. The van der Waals surface area contributed by atoms with Crippen LogP contribution in [0, 0.1) is 17.8 Å². The van der Waals surface area contributed by atoms with Crippen molar-refractivity contribution in [2.75, 3.05) is 11.9 Å². The number of carbonyl (C=O) groups is 1. The van der Waals surface area contributed by atoms with Gasteiger partial charge in [0.05, 0.1) is 5.41 Å². The summed E-state index contributed by atoms with van der Waals surface area (Å²) in [6.07, 6.45) is 0. The number of hydrogen-bond donors (Lipinski definition) is 1. The SMILES string of the molecule is Cc1cc(NCC(C)(C)C)ccc1COC(=O)C(C)(C)C. The molecule has 3 heteroatoms. The lowest BCUT2D eigenvalue weighted by Gasteiger charge is -2.20. The van der Waals surface area contributed by atoms with E-state index in [1.165, 1.54) is 0 Å². The van der Waals surface area contributed by atoms with Crippen LogP contribution in [-0.4, -0.2) is 12.5 Å². The van der Waals surface area contributed by atoms with Crippen LogP contribution in [0.1, 0.15) is 52.7 Å². The fourth-order valence-corrected chi connectivity index (χ4v) is 1.69. The highest BCUT2D eigenvalue weighted by Gasteiger charge is 2.23. The van der Waals surface area contributed by atoms with Crippen molar-refractivity contribution >= 4 is 11.7 Å². The Hall–Kier alpha value is -1.51. The fourth-order valence-electron chi connectivity index (χ4n) is 1.69. The van der Waals surface area contributed by atoms with Gasteiger partial charge in [0.2, 0.25) is 0 Å². The Balaban J connectivity index is 2.64. The van der Waals surface area contributed by atoms with Crippen LogP contribution in [0.5, 0.6) is 0 Å². The van der Waals surface area contributed by atoms with Gasteiger partial charge < -0.3 is 10.1 Å². The molecule has 0 amide bonds. The monoisotopic (exact) mass is 291 g/mol. The highest BCUT2D eigenvalue weighted by molar-refractivity contribution is 5.75. The van der Waals surface area contributed by atoms with Crippen LogP contribution in [0.4, 0.5) is 5.69 Å². The van der Waals surface area contributed by atoms with Crippen LogP contribution in [0.25, 0.3) is 0 Å². The van der Waals surface area contributed by atoms with Crippen molar-refractivity contribution in [1.29, 1.82) is 0 Å². The lowest BCUT2D eigenvalue weighted by Crippen LogP contribution is -2.22. The zero-order valence-electron chi connectivity index (χ0n) is 14.5. The van der Waals surface area contributed by atoms with E-state index in [1.54, 1.807) is 0 Å². The molecule has 0 aromatic heterocycles. The molecule has 3 nitrogen and oxygen atoms in total. The first-order valence-corrected chi connectivity index (χ1v) is 7.50. The van der Waals surface area contributed by atoms with Gasteiger partial charge in [0.25, 0.3) is 0 Å². The molecule has 1 rings (SSSR count). The molecular formula is C18H29NO2. The van der Waals surface area contributed by atoms with Gasteiger partial charge in [-0.25, -0.2) is 0 Å². The van der Waals surface area contributed by atoms with E-state index in [1.807, 2.05) is 39.8 Å². The van der Waals surface area contributed by atoms with E-state index >= 15 is 0 Å². The number of esters is 1. The average Bonchev–Trinajstić information content (AvgIpc) is 2.32. The van der Waals surface area contributed by atoms with Gasteiger partial charge in [0, 0.05) is 12.2 Å². The highest BCUT2D eigenvalue weighted by atomic mass is 16.5. The Morgan fingerprint density at radius 1 is 1.14 bits per heavy atom. The van der Waals surface area contributed by atoms with Crippen LogP contribution in [0.15, 0.2) is 18.2 Å². The predicted molar refractivity (Wildman–Crippen MR) is 88.4 cm³/mol. The number of hydrogen-bond acceptors (Lipinski definition) is 3. The van der Waals surface area contributed by atoms with Crippen molar-refractivity contribution in [1.82, 2.24) is 0 Å². The maximum Gasteiger partial charge on any atom is 0.311 e. The summed E-state index contributed by atoms with van der Waals surface area (Å²) in [5, 5.41) is 3.43. The zero-order valence-corrected chi connectivity index (χ0v) is 14.5. The van der Waals surface area contributed by atoms with E-state index < -0.39 is 5.41 Å². The Labute approximate surface area is 129 Å². The topological polar surface area (TPSA) is 38.3 Å². The second-order valence-electron chi connectivity index (χ2n) is 7.88. The third kappa shape index (κ3) is 6.19. The molecule has 0 fully saturated rings. The van der Waals surface area contributed by atoms with E-state index in [9.17, 15) is 4.79 Å². The lowest BCUT2D eigenvalue weighted by atomic mass is 9.96. The van der Waals surface area contributed by atoms with Gasteiger partial charge in [-0.3, -0.25) is 4.79 Å².